The van der Waals surface area contributed by atoms with Gasteiger partial charge in [-0.05, 0) is 31.9 Å². The van der Waals surface area contributed by atoms with E-state index in [0.29, 0.717) is 18.8 Å². The molecule has 0 saturated carbocycles. The minimum absolute atomic E-state index is 0.0883. The number of nitrogens with one attached hydrogen (secondary N) is 1. The maximum Gasteiger partial charge on any atom is 0.355 e. The molecule has 0 bridgehead atoms. The van der Waals surface area contributed by atoms with Gasteiger partial charge in [0.05, 0.1) is 6.61 Å². The fourth-order valence-electron chi connectivity index (χ4n) is 1.81. The Bertz CT molecular complexity index is 438. The molecule has 1 heterocycles. The summed E-state index contributed by atoms with van der Waals surface area (Å²) in [5.74, 6) is -0.471. The van der Waals surface area contributed by atoms with Crippen LogP contribution in [0.5, 0.6) is 0 Å². The van der Waals surface area contributed by atoms with Gasteiger partial charge in [0.25, 0.3) is 0 Å². The molecule has 0 aliphatic rings. The van der Waals surface area contributed by atoms with Crippen LogP contribution in [0.15, 0.2) is 12.3 Å². The number of aromatic nitrogens is 1. The van der Waals surface area contributed by atoms with Crippen LogP contribution in [-0.4, -0.2) is 29.6 Å². The van der Waals surface area contributed by atoms with E-state index in [1.807, 2.05) is 13.0 Å². The van der Waals surface area contributed by atoms with E-state index in [1.54, 1.807) is 17.7 Å². The van der Waals surface area contributed by atoms with Gasteiger partial charge in [-0.3, -0.25) is 4.79 Å². The van der Waals surface area contributed by atoms with Crippen LogP contribution in [0.3, 0.4) is 0 Å². The van der Waals surface area contributed by atoms with Crippen LogP contribution < -0.4 is 5.32 Å². The Morgan fingerprint density at radius 2 is 2.11 bits per heavy atom. The molecular formula is C14H22N2O3. The molecule has 0 aliphatic heterocycles. The minimum Gasteiger partial charge on any atom is -0.461 e. The molecule has 106 valence electrons. The molecule has 5 nitrogen and oxygen atoms in total. The maximum atomic E-state index is 11.8. The van der Waals surface area contributed by atoms with Crippen molar-refractivity contribution in [1.82, 2.24) is 9.88 Å². The lowest BCUT2D eigenvalue weighted by Gasteiger charge is -2.10. The van der Waals surface area contributed by atoms with Crippen molar-refractivity contribution in [2.24, 2.45) is 0 Å². The van der Waals surface area contributed by atoms with E-state index in [4.69, 9.17) is 4.74 Å². The average molecular weight is 266 g/mol. The van der Waals surface area contributed by atoms with Gasteiger partial charge in [-0.2, -0.15) is 0 Å². The molecule has 1 aromatic rings. The molecule has 0 aliphatic carbocycles. The molecule has 0 unspecified atom stereocenters. The Kier molecular flexibility index (Phi) is 6.12. The molecule has 0 atom stereocenters. The zero-order valence-corrected chi connectivity index (χ0v) is 11.9. The van der Waals surface area contributed by atoms with Crippen molar-refractivity contribution < 1.29 is 14.3 Å². The molecule has 0 fully saturated rings. The summed E-state index contributed by atoms with van der Waals surface area (Å²) in [6, 6.07) is 1.81. The number of aryl methyl sites for hydroxylation is 1. The SMILES string of the molecule is CCCCNC(=O)Cn1ccc(C)c1C(=O)OCC. The lowest BCUT2D eigenvalue weighted by molar-refractivity contribution is -0.121. The molecule has 0 saturated heterocycles. The normalized spacial score (nSPS) is 10.3. The summed E-state index contributed by atoms with van der Waals surface area (Å²) >= 11 is 0. The summed E-state index contributed by atoms with van der Waals surface area (Å²) in [6.45, 7) is 6.80. The van der Waals surface area contributed by atoms with Gasteiger partial charge in [0.1, 0.15) is 12.2 Å². The molecule has 19 heavy (non-hydrogen) atoms. The van der Waals surface area contributed by atoms with E-state index in [2.05, 4.69) is 12.2 Å². The van der Waals surface area contributed by atoms with Crippen LogP contribution in [-0.2, 0) is 16.1 Å². The Balaban J connectivity index is 2.68. The zero-order chi connectivity index (χ0) is 14.3. The fourth-order valence-corrected chi connectivity index (χ4v) is 1.81. The first-order valence-electron chi connectivity index (χ1n) is 6.69. The lowest BCUT2D eigenvalue weighted by Crippen LogP contribution is -2.29. The number of ether oxygens (including phenoxy) is 1. The third-order valence-corrected chi connectivity index (χ3v) is 2.80. The number of unbranched alkanes of at least 4 members (excludes halogenated alkanes) is 1. The molecule has 5 heteroatoms. The molecule has 1 rings (SSSR count). The number of carbonyl (C=O) groups is 2. The van der Waals surface area contributed by atoms with Crippen LogP contribution in [0.4, 0.5) is 0 Å². The first kappa shape index (κ1) is 15.3. The van der Waals surface area contributed by atoms with Gasteiger partial charge in [-0.25, -0.2) is 4.79 Å². The van der Waals surface area contributed by atoms with Crippen molar-refractivity contribution in [2.45, 2.75) is 40.2 Å². The Morgan fingerprint density at radius 3 is 2.74 bits per heavy atom. The monoisotopic (exact) mass is 266 g/mol. The van der Waals surface area contributed by atoms with Crippen LogP contribution in [0.25, 0.3) is 0 Å². The predicted molar refractivity (Wildman–Crippen MR) is 73.0 cm³/mol. The van der Waals surface area contributed by atoms with E-state index in [9.17, 15) is 9.59 Å². The topological polar surface area (TPSA) is 60.3 Å². The van der Waals surface area contributed by atoms with Gasteiger partial charge in [0.15, 0.2) is 0 Å². The van der Waals surface area contributed by atoms with E-state index < -0.39 is 0 Å². The number of hydrogen-bond donors (Lipinski definition) is 1. The number of carbonyl (C=O) groups excluding carboxylic acids is 2. The van der Waals surface area contributed by atoms with Crippen molar-refractivity contribution in [1.29, 1.82) is 0 Å². The molecular weight excluding hydrogens is 244 g/mol. The standard InChI is InChI=1S/C14H22N2O3/c1-4-6-8-15-12(17)10-16-9-7-11(3)13(16)14(18)19-5-2/h7,9H,4-6,8,10H2,1-3H3,(H,15,17). The number of nitrogens with zero attached hydrogens (tertiary/aromatic N) is 1. The lowest BCUT2D eigenvalue weighted by atomic mass is 10.3. The average Bonchev–Trinajstić information content (AvgIpc) is 2.71. The Morgan fingerprint density at radius 1 is 1.37 bits per heavy atom. The summed E-state index contributed by atoms with van der Waals surface area (Å²) in [4.78, 5) is 23.6. The molecule has 0 radical (unpaired) electrons. The van der Waals surface area contributed by atoms with Crippen molar-refractivity contribution in [2.75, 3.05) is 13.2 Å². The van der Waals surface area contributed by atoms with Gasteiger partial charge < -0.3 is 14.6 Å². The summed E-state index contributed by atoms with van der Waals surface area (Å²) in [5.41, 5.74) is 1.27. The highest BCUT2D eigenvalue weighted by Gasteiger charge is 2.17. The van der Waals surface area contributed by atoms with Gasteiger partial charge >= 0.3 is 5.97 Å². The van der Waals surface area contributed by atoms with E-state index in [-0.39, 0.29) is 18.4 Å². The van der Waals surface area contributed by atoms with Gasteiger partial charge in [0.2, 0.25) is 5.91 Å². The van der Waals surface area contributed by atoms with Gasteiger partial charge in [0, 0.05) is 12.7 Å². The second-order valence-electron chi connectivity index (χ2n) is 4.40. The summed E-state index contributed by atoms with van der Waals surface area (Å²) in [5, 5.41) is 2.83. The third kappa shape index (κ3) is 4.43. The quantitative estimate of drug-likeness (QED) is 0.605. The summed E-state index contributed by atoms with van der Waals surface area (Å²) in [7, 11) is 0. The first-order chi connectivity index (χ1) is 9.10. The molecule has 1 amide bonds. The van der Waals surface area contributed by atoms with Crippen molar-refractivity contribution in [3.63, 3.8) is 0 Å². The van der Waals surface area contributed by atoms with E-state index in [0.717, 1.165) is 18.4 Å². The van der Waals surface area contributed by atoms with Crippen LogP contribution in [0.1, 0.15) is 42.7 Å². The second kappa shape index (κ2) is 7.61. The summed E-state index contributed by atoms with van der Waals surface area (Å²) in [6.07, 6.45) is 3.74. The highest BCUT2D eigenvalue weighted by Crippen LogP contribution is 2.11. The van der Waals surface area contributed by atoms with Crippen molar-refractivity contribution >= 4 is 11.9 Å². The Hall–Kier alpha value is -1.78. The number of rotatable bonds is 7. The van der Waals surface area contributed by atoms with E-state index in [1.165, 1.54) is 0 Å². The molecule has 0 spiro atoms. The predicted octanol–water partition coefficient (Wildman–Crippen LogP) is 1.89. The minimum atomic E-state index is -0.383. The largest absolute Gasteiger partial charge is 0.461 e. The van der Waals surface area contributed by atoms with Crippen LogP contribution >= 0.6 is 0 Å². The number of hydrogen-bond acceptors (Lipinski definition) is 3. The molecule has 0 aromatic carbocycles. The smallest absolute Gasteiger partial charge is 0.355 e. The fraction of sp³-hybridized carbons (Fsp3) is 0.571. The Labute approximate surface area is 113 Å². The number of amides is 1. The van der Waals surface area contributed by atoms with Gasteiger partial charge in [-0.1, -0.05) is 13.3 Å². The first-order valence-corrected chi connectivity index (χ1v) is 6.69. The summed E-state index contributed by atoms with van der Waals surface area (Å²) < 4.78 is 6.63. The number of esters is 1. The highest BCUT2D eigenvalue weighted by molar-refractivity contribution is 5.90. The zero-order valence-electron chi connectivity index (χ0n) is 11.9. The maximum absolute atomic E-state index is 11.8. The van der Waals surface area contributed by atoms with Crippen LogP contribution in [0, 0.1) is 6.92 Å². The van der Waals surface area contributed by atoms with Gasteiger partial charge in [-0.15, -0.1) is 0 Å². The highest BCUT2D eigenvalue weighted by atomic mass is 16.5. The van der Waals surface area contributed by atoms with E-state index >= 15 is 0 Å². The van der Waals surface area contributed by atoms with Crippen molar-refractivity contribution in [3.05, 3.63) is 23.5 Å². The second-order valence-corrected chi connectivity index (χ2v) is 4.40. The van der Waals surface area contributed by atoms with Crippen LogP contribution in [0.2, 0.25) is 0 Å². The molecule has 1 aromatic heterocycles. The van der Waals surface area contributed by atoms with Crippen molar-refractivity contribution in [3.8, 4) is 0 Å². The third-order valence-electron chi connectivity index (χ3n) is 2.80. The molecule has 1 N–H and O–H groups in total.